The zero-order valence-electron chi connectivity index (χ0n) is 17.5. The van der Waals surface area contributed by atoms with E-state index in [1.54, 1.807) is 4.90 Å². The number of piperazine rings is 1. The van der Waals surface area contributed by atoms with Gasteiger partial charge in [-0.3, -0.25) is 9.59 Å². The first-order valence-corrected chi connectivity index (χ1v) is 11.2. The molecule has 2 heterocycles. The quantitative estimate of drug-likeness (QED) is 0.560. The summed E-state index contributed by atoms with van der Waals surface area (Å²) in [5.41, 5.74) is 0.441. The van der Waals surface area contributed by atoms with Gasteiger partial charge < -0.3 is 14.5 Å². The second kappa shape index (κ2) is 9.48. The number of carbonyl (C=O) groups is 2. The van der Waals surface area contributed by atoms with Crippen molar-refractivity contribution in [3.05, 3.63) is 76.7 Å². The molecule has 0 bridgehead atoms. The standard InChI is InChI=1S/C24H22F2N2O3S/c1-2-31-19-15-20(16-7-4-3-5-8-16)32-22(19)24(30)28-13-11-27(12-14-28)23(29)21-17(25)9-6-10-18(21)26/h3-10,15H,2,11-14H2,1H3. The molecule has 0 atom stereocenters. The Morgan fingerprint density at radius 3 is 2.09 bits per heavy atom. The summed E-state index contributed by atoms with van der Waals surface area (Å²) in [6, 6.07) is 15.0. The van der Waals surface area contributed by atoms with Crippen molar-refractivity contribution in [2.75, 3.05) is 32.8 Å². The maximum absolute atomic E-state index is 14.0. The van der Waals surface area contributed by atoms with Crippen molar-refractivity contribution in [1.29, 1.82) is 0 Å². The average Bonchev–Trinajstić information content (AvgIpc) is 3.23. The molecule has 32 heavy (non-hydrogen) atoms. The van der Waals surface area contributed by atoms with Crippen molar-refractivity contribution in [2.45, 2.75) is 6.92 Å². The molecule has 1 aromatic heterocycles. The van der Waals surface area contributed by atoms with Gasteiger partial charge in [-0.05, 0) is 30.7 Å². The lowest BCUT2D eigenvalue weighted by molar-refractivity contribution is 0.0530. The molecule has 8 heteroatoms. The van der Waals surface area contributed by atoms with Crippen LogP contribution in [-0.4, -0.2) is 54.4 Å². The number of benzene rings is 2. The highest BCUT2D eigenvalue weighted by atomic mass is 32.1. The third-order valence-corrected chi connectivity index (χ3v) is 6.43. The lowest BCUT2D eigenvalue weighted by atomic mass is 10.1. The first-order chi connectivity index (χ1) is 15.5. The average molecular weight is 457 g/mol. The molecule has 0 unspecified atom stereocenters. The van der Waals surface area contributed by atoms with Gasteiger partial charge in [-0.1, -0.05) is 36.4 Å². The summed E-state index contributed by atoms with van der Waals surface area (Å²) < 4.78 is 33.7. The van der Waals surface area contributed by atoms with Gasteiger partial charge >= 0.3 is 0 Å². The second-order valence-corrected chi connectivity index (χ2v) is 8.34. The van der Waals surface area contributed by atoms with Crippen LogP contribution in [0.4, 0.5) is 8.78 Å². The Hall–Kier alpha value is -3.26. The molecule has 0 spiro atoms. The lowest BCUT2D eigenvalue weighted by Crippen LogP contribution is -2.50. The van der Waals surface area contributed by atoms with Gasteiger partial charge in [0.2, 0.25) is 0 Å². The van der Waals surface area contributed by atoms with Crippen LogP contribution >= 0.6 is 11.3 Å². The largest absolute Gasteiger partial charge is 0.492 e. The predicted molar refractivity (Wildman–Crippen MR) is 119 cm³/mol. The van der Waals surface area contributed by atoms with Crippen molar-refractivity contribution in [2.24, 2.45) is 0 Å². The summed E-state index contributed by atoms with van der Waals surface area (Å²) >= 11 is 1.37. The Morgan fingerprint density at radius 2 is 1.50 bits per heavy atom. The van der Waals surface area contributed by atoms with Crippen molar-refractivity contribution < 1.29 is 23.1 Å². The van der Waals surface area contributed by atoms with Gasteiger partial charge in [0.1, 0.15) is 27.8 Å². The number of rotatable bonds is 5. The Morgan fingerprint density at radius 1 is 0.906 bits per heavy atom. The Labute approximate surface area is 188 Å². The van der Waals surface area contributed by atoms with Crippen LogP contribution in [0.3, 0.4) is 0 Å². The highest BCUT2D eigenvalue weighted by Crippen LogP contribution is 2.37. The molecule has 3 aromatic rings. The van der Waals surface area contributed by atoms with E-state index < -0.39 is 23.1 Å². The van der Waals surface area contributed by atoms with Gasteiger partial charge in [0.25, 0.3) is 11.8 Å². The summed E-state index contributed by atoms with van der Waals surface area (Å²) in [5.74, 6) is -2.12. The number of ether oxygens (including phenoxy) is 1. The van der Waals surface area contributed by atoms with Crippen LogP contribution in [0.2, 0.25) is 0 Å². The smallest absolute Gasteiger partial charge is 0.267 e. The van der Waals surface area contributed by atoms with E-state index in [1.807, 2.05) is 43.3 Å². The number of amides is 2. The van der Waals surface area contributed by atoms with Gasteiger partial charge in [0.05, 0.1) is 6.61 Å². The van der Waals surface area contributed by atoms with Crippen LogP contribution in [0, 0.1) is 11.6 Å². The molecule has 166 valence electrons. The number of thiophene rings is 1. The van der Waals surface area contributed by atoms with E-state index in [0.29, 0.717) is 17.2 Å². The van der Waals surface area contributed by atoms with Crippen LogP contribution in [-0.2, 0) is 0 Å². The van der Waals surface area contributed by atoms with E-state index in [2.05, 4.69) is 0 Å². The van der Waals surface area contributed by atoms with Crippen LogP contribution in [0.25, 0.3) is 10.4 Å². The van der Waals surface area contributed by atoms with Crippen molar-refractivity contribution >= 4 is 23.2 Å². The molecule has 0 saturated carbocycles. The number of hydrogen-bond donors (Lipinski definition) is 0. The minimum atomic E-state index is -0.887. The Kier molecular flexibility index (Phi) is 6.50. The molecular weight excluding hydrogens is 434 g/mol. The lowest BCUT2D eigenvalue weighted by Gasteiger charge is -2.34. The molecule has 1 fully saturated rings. The SMILES string of the molecule is CCOc1cc(-c2ccccc2)sc1C(=O)N1CCN(C(=O)c2c(F)cccc2F)CC1. The first-order valence-electron chi connectivity index (χ1n) is 10.3. The van der Waals surface area contributed by atoms with E-state index in [-0.39, 0.29) is 32.1 Å². The van der Waals surface area contributed by atoms with Crippen LogP contribution in [0.15, 0.2) is 54.6 Å². The first kappa shape index (κ1) is 22.0. The van der Waals surface area contributed by atoms with E-state index in [9.17, 15) is 18.4 Å². The number of nitrogens with zero attached hydrogens (tertiary/aromatic N) is 2. The second-order valence-electron chi connectivity index (χ2n) is 7.28. The number of halogens is 2. The van der Waals surface area contributed by atoms with Crippen molar-refractivity contribution in [3.8, 4) is 16.2 Å². The van der Waals surface area contributed by atoms with Gasteiger partial charge in [-0.25, -0.2) is 8.78 Å². The third kappa shape index (κ3) is 4.36. The summed E-state index contributed by atoms with van der Waals surface area (Å²) in [5, 5.41) is 0. The van der Waals surface area contributed by atoms with Crippen LogP contribution in [0.5, 0.6) is 5.75 Å². The fraction of sp³-hybridized carbons (Fsp3) is 0.250. The van der Waals surface area contributed by atoms with E-state index in [0.717, 1.165) is 22.6 Å². The number of carbonyl (C=O) groups excluding carboxylic acids is 2. The maximum atomic E-state index is 14.0. The van der Waals surface area contributed by atoms with E-state index >= 15 is 0 Å². The Bertz CT molecular complexity index is 1110. The van der Waals surface area contributed by atoms with Crippen LogP contribution < -0.4 is 4.74 Å². The molecule has 0 aliphatic carbocycles. The van der Waals surface area contributed by atoms with Crippen LogP contribution in [0.1, 0.15) is 27.0 Å². The molecule has 5 nitrogen and oxygen atoms in total. The summed E-state index contributed by atoms with van der Waals surface area (Å²) in [7, 11) is 0. The minimum Gasteiger partial charge on any atom is -0.492 e. The van der Waals surface area contributed by atoms with Gasteiger partial charge in [0.15, 0.2) is 0 Å². The maximum Gasteiger partial charge on any atom is 0.267 e. The highest BCUT2D eigenvalue weighted by Gasteiger charge is 2.30. The van der Waals surface area contributed by atoms with Crippen molar-refractivity contribution in [1.82, 2.24) is 9.80 Å². The molecule has 0 N–H and O–H groups in total. The normalized spacial score (nSPS) is 13.8. The summed E-state index contributed by atoms with van der Waals surface area (Å²) in [6.07, 6.45) is 0. The molecule has 1 aliphatic heterocycles. The van der Waals surface area contributed by atoms with Gasteiger partial charge in [0, 0.05) is 31.1 Å². The van der Waals surface area contributed by atoms with E-state index in [4.69, 9.17) is 4.74 Å². The Balaban J connectivity index is 1.49. The highest BCUT2D eigenvalue weighted by molar-refractivity contribution is 7.17. The van der Waals surface area contributed by atoms with Gasteiger partial charge in [-0.15, -0.1) is 11.3 Å². The molecular formula is C24H22F2N2O3S. The molecule has 2 amide bonds. The predicted octanol–water partition coefficient (Wildman–Crippen LogP) is 4.69. The molecule has 1 aliphatic rings. The molecule has 2 aromatic carbocycles. The number of hydrogen-bond acceptors (Lipinski definition) is 4. The topological polar surface area (TPSA) is 49.9 Å². The third-order valence-electron chi connectivity index (χ3n) is 5.28. The molecule has 4 rings (SSSR count). The summed E-state index contributed by atoms with van der Waals surface area (Å²) in [6.45, 7) is 3.22. The fourth-order valence-corrected chi connectivity index (χ4v) is 4.72. The zero-order valence-corrected chi connectivity index (χ0v) is 18.3. The minimum absolute atomic E-state index is 0.176. The molecule has 1 saturated heterocycles. The monoisotopic (exact) mass is 456 g/mol. The van der Waals surface area contributed by atoms with Gasteiger partial charge in [-0.2, -0.15) is 0 Å². The molecule has 0 radical (unpaired) electrons. The summed E-state index contributed by atoms with van der Waals surface area (Å²) in [4.78, 5) is 30.3. The van der Waals surface area contributed by atoms with E-state index in [1.165, 1.54) is 22.3 Å². The van der Waals surface area contributed by atoms with Crippen molar-refractivity contribution in [3.63, 3.8) is 0 Å². The zero-order chi connectivity index (χ0) is 22.7. The fourth-order valence-electron chi connectivity index (χ4n) is 3.65.